The zero-order valence-electron chi connectivity index (χ0n) is 12.7. The van der Waals surface area contributed by atoms with Gasteiger partial charge in [-0.2, -0.15) is 0 Å². The largest absolute Gasteiger partial charge is 0.347 e. The van der Waals surface area contributed by atoms with Crippen molar-refractivity contribution in [3.05, 3.63) is 45.0 Å². The van der Waals surface area contributed by atoms with Gasteiger partial charge in [0.2, 0.25) is 0 Å². The number of hydrogen-bond acceptors (Lipinski definition) is 2. The molecule has 3 rings (SSSR count). The molecule has 2 heterocycles. The van der Waals surface area contributed by atoms with E-state index >= 15 is 0 Å². The van der Waals surface area contributed by atoms with Crippen LogP contribution in [-0.4, -0.2) is 10.4 Å². The van der Waals surface area contributed by atoms with Crippen molar-refractivity contribution in [1.29, 1.82) is 0 Å². The van der Waals surface area contributed by atoms with E-state index in [0.717, 1.165) is 35.9 Å². The lowest BCUT2D eigenvalue weighted by molar-refractivity contribution is 0.101. The number of nitrogens with zero attached hydrogens (tertiary/aromatic N) is 1. The fraction of sp³-hybridized carbons (Fsp3) is 0.278. The molecule has 0 radical (unpaired) electrons. The minimum Gasteiger partial charge on any atom is -0.347 e. The van der Waals surface area contributed by atoms with Crippen LogP contribution in [0.5, 0.6) is 0 Å². The number of aromatic nitrogens is 1. The molecule has 0 saturated heterocycles. The lowest BCUT2D eigenvalue weighted by Crippen LogP contribution is -1.95. The van der Waals surface area contributed by atoms with Crippen LogP contribution >= 0.6 is 33.9 Å². The van der Waals surface area contributed by atoms with Crippen molar-refractivity contribution in [2.24, 2.45) is 0 Å². The summed E-state index contributed by atoms with van der Waals surface area (Å²) in [5.41, 5.74) is 3.18. The minimum atomic E-state index is 0.137. The Balaban J connectivity index is 2.13. The van der Waals surface area contributed by atoms with Gasteiger partial charge in [-0.25, -0.2) is 0 Å². The molecule has 22 heavy (non-hydrogen) atoms. The zero-order valence-corrected chi connectivity index (χ0v) is 15.7. The highest BCUT2D eigenvalue weighted by molar-refractivity contribution is 14.1. The minimum absolute atomic E-state index is 0.137. The number of ketones is 1. The third-order valence-electron chi connectivity index (χ3n) is 3.87. The number of halogens is 1. The summed E-state index contributed by atoms with van der Waals surface area (Å²) in [6.07, 6.45) is 4.30. The maximum absolute atomic E-state index is 12.0. The number of carbonyl (C=O) groups excluding carboxylic acids is 1. The first-order chi connectivity index (χ1) is 10.6. The van der Waals surface area contributed by atoms with Crippen LogP contribution in [0.1, 0.15) is 37.0 Å². The molecule has 0 bridgehead atoms. The molecule has 0 atom stereocenters. The number of thiophene rings is 1. The Bertz CT molecular complexity index is 831. The van der Waals surface area contributed by atoms with Crippen LogP contribution in [-0.2, 0) is 6.54 Å². The summed E-state index contributed by atoms with van der Waals surface area (Å²) >= 11 is 4.12. The normalized spacial score (nSPS) is 11.2. The van der Waals surface area contributed by atoms with Gasteiger partial charge in [0.15, 0.2) is 5.78 Å². The fourth-order valence-corrected chi connectivity index (χ4v) is 4.33. The maximum atomic E-state index is 12.0. The van der Waals surface area contributed by atoms with Gasteiger partial charge in [0.1, 0.15) is 0 Å². The Morgan fingerprint density at radius 2 is 2.09 bits per heavy atom. The van der Waals surface area contributed by atoms with Crippen LogP contribution in [0.2, 0.25) is 0 Å². The summed E-state index contributed by atoms with van der Waals surface area (Å²) in [4.78, 5) is 13.2. The summed E-state index contributed by atoms with van der Waals surface area (Å²) in [6.45, 7) is 4.81. The van der Waals surface area contributed by atoms with E-state index < -0.39 is 0 Å². The highest BCUT2D eigenvalue weighted by Crippen LogP contribution is 2.33. The molecule has 0 aliphatic rings. The Morgan fingerprint density at radius 1 is 1.27 bits per heavy atom. The van der Waals surface area contributed by atoms with Gasteiger partial charge in [0, 0.05) is 34.1 Å². The molecule has 114 valence electrons. The molecule has 4 heteroatoms. The maximum Gasteiger partial charge on any atom is 0.161 e. The molecule has 2 nitrogen and oxygen atoms in total. The third kappa shape index (κ3) is 2.99. The van der Waals surface area contributed by atoms with E-state index in [-0.39, 0.29) is 5.78 Å². The predicted octanol–water partition coefficient (Wildman–Crippen LogP) is 5.98. The molecule has 0 unspecified atom stereocenters. The van der Waals surface area contributed by atoms with Crippen LogP contribution in [0.4, 0.5) is 0 Å². The van der Waals surface area contributed by atoms with Gasteiger partial charge in [-0.1, -0.05) is 19.4 Å². The molecule has 0 saturated carbocycles. The Kier molecular flexibility index (Phi) is 4.68. The van der Waals surface area contributed by atoms with Gasteiger partial charge < -0.3 is 4.57 Å². The Labute approximate surface area is 148 Å². The van der Waals surface area contributed by atoms with Gasteiger partial charge in [-0.15, -0.1) is 11.3 Å². The zero-order chi connectivity index (χ0) is 15.7. The van der Waals surface area contributed by atoms with Crippen molar-refractivity contribution in [1.82, 2.24) is 4.57 Å². The molecular formula is C18H18INOS. The fourth-order valence-electron chi connectivity index (χ4n) is 2.71. The molecular weight excluding hydrogens is 405 g/mol. The monoisotopic (exact) mass is 423 g/mol. The molecule has 0 aliphatic carbocycles. The van der Waals surface area contributed by atoms with E-state index in [1.807, 2.05) is 6.20 Å². The highest BCUT2D eigenvalue weighted by Gasteiger charge is 2.13. The quantitative estimate of drug-likeness (QED) is 0.366. The van der Waals surface area contributed by atoms with Crippen LogP contribution in [0.25, 0.3) is 21.3 Å². The molecule has 0 spiro atoms. The van der Waals surface area contributed by atoms with E-state index in [0.29, 0.717) is 0 Å². The first kappa shape index (κ1) is 15.7. The average molecular weight is 423 g/mol. The topological polar surface area (TPSA) is 22.0 Å². The Hall–Kier alpha value is -1.14. The molecule has 0 aliphatic heterocycles. The SMILES string of the molecule is CCCCn1cc(C(C)=O)c2cc(-c3ccc(I)s3)ccc21. The van der Waals surface area contributed by atoms with Gasteiger partial charge in [-0.05, 0) is 65.8 Å². The number of benzene rings is 1. The highest BCUT2D eigenvalue weighted by atomic mass is 127. The van der Waals surface area contributed by atoms with Gasteiger partial charge in [-0.3, -0.25) is 4.79 Å². The van der Waals surface area contributed by atoms with Crippen LogP contribution < -0.4 is 0 Å². The van der Waals surface area contributed by atoms with Crippen molar-refractivity contribution >= 4 is 50.6 Å². The van der Waals surface area contributed by atoms with Crippen LogP contribution in [0, 0.1) is 2.88 Å². The number of rotatable bonds is 5. The summed E-state index contributed by atoms with van der Waals surface area (Å²) in [5, 5.41) is 1.07. The number of hydrogen-bond donors (Lipinski definition) is 0. The van der Waals surface area contributed by atoms with E-state index in [9.17, 15) is 4.79 Å². The number of unbranched alkanes of at least 4 members (excludes halogenated alkanes) is 1. The molecule has 0 N–H and O–H groups in total. The number of Topliss-reactive ketones (excluding diaryl/α,β-unsaturated/α-hetero) is 1. The first-order valence-corrected chi connectivity index (χ1v) is 9.39. The average Bonchev–Trinajstić information content (AvgIpc) is 3.08. The van der Waals surface area contributed by atoms with Crippen molar-refractivity contribution in [2.75, 3.05) is 0 Å². The lowest BCUT2D eigenvalue weighted by atomic mass is 10.1. The predicted molar refractivity (Wildman–Crippen MR) is 103 cm³/mol. The van der Waals surface area contributed by atoms with Crippen LogP contribution in [0.15, 0.2) is 36.5 Å². The standard InChI is InChI=1S/C18H18INOS/c1-3-4-9-20-11-15(12(2)21)14-10-13(5-6-16(14)20)17-7-8-18(19)22-17/h5-8,10-11H,3-4,9H2,1-2H3. The van der Waals surface area contributed by atoms with E-state index in [1.54, 1.807) is 18.3 Å². The molecule has 0 amide bonds. The van der Waals surface area contributed by atoms with E-state index in [1.165, 1.54) is 13.3 Å². The second-order valence-electron chi connectivity index (χ2n) is 5.48. The van der Waals surface area contributed by atoms with E-state index in [4.69, 9.17) is 0 Å². The number of aryl methyl sites for hydroxylation is 1. The first-order valence-electron chi connectivity index (χ1n) is 7.49. The van der Waals surface area contributed by atoms with Gasteiger partial charge in [0.05, 0.1) is 2.88 Å². The second kappa shape index (κ2) is 6.54. The lowest BCUT2D eigenvalue weighted by Gasteiger charge is -2.04. The summed E-state index contributed by atoms with van der Waals surface area (Å²) < 4.78 is 3.50. The molecule has 2 aromatic heterocycles. The van der Waals surface area contributed by atoms with Crippen molar-refractivity contribution in [2.45, 2.75) is 33.2 Å². The van der Waals surface area contributed by atoms with Crippen molar-refractivity contribution in [3.63, 3.8) is 0 Å². The smallest absolute Gasteiger partial charge is 0.161 e. The van der Waals surface area contributed by atoms with Crippen LogP contribution in [0.3, 0.4) is 0 Å². The number of fused-ring (bicyclic) bond motifs is 1. The van der Waals surface area contributed by atoms with Crippen molar-refractivity contribution in [3.8, 4) is 10.4 Å². The molecule has 1 aromatic carbocycles. The second-order valence-corrected chi connectivity index (χ2v) is 8.46. The van der Waals surface area contributed by atoms with Gasteiger partial charge in [0.25, 0.3) is 0 Å². The van der Waals surface area contributed by atoms with Crippen molar-refractivity contribution < 1.29 is 4.79 Å². The number of carbonyl (C=O) groups is 1. The summed E-state index contributed by atoms with van der Waals surface area (Å²) in [5.74, 6) is 0.137. The summed E-state index contributed by atoms with van der Waals surface area (Å²) in [6, 6.07) is 10.8. The molecule has 0 fully saturated rings. The van der Waals surface area contributed by atoms with E-state index in [2.05, 4.69) is 64.4 Å². The van der Waals surface area contributed by atoms with Gasteiger partial charge >= 0.3 is 0 Å². The molecule has 3 aromatic rings. The summed E-state index contributed by atoms with van der Waals surface area (Å²) in [7, 11) is 0. The Morgan fingerprint density at radius 3 is 2.73 bits per heavy atom. The third-order valence-corrected chi connectivity index (χ3v) is 5.81.